The van der Waals surface area contributed by atoms with Gasteiger partial charge in [-0.05, 0) is 33.1 Å². The van der Waals surface area contributed by atoms with Crippen LogP contribution in [0, 0.1) is 13.8 Å². The molecule has 1 aliphatic carbocycles. The van der Waals surface area contributed by atoms with Crippen LogP contribution in [0.3, 0.4) is 0 Å². The zero-order chi connectivity index (χ0) is 13.0. The number of nitrogens with zero attached hydrogens (tertiary/aromatic N) is 2. The molecule has 18 heavy (non-hydrogen) atoms. The van der Waals surface area contributed by atoms with E-state index >= 15 is 0 Å². The molecule has 1 saturated carbocycles. The van der Waals surface area contributed by atoms with Gasteiger partial charge in [0, 0.05) is 30.5 Å². The van der Waals surface area contributed by atoms with E-state index < -0.39 is 0 Å². The largest absolute Gasteiger partial charge is 0.380 e. The molecule has 102 valence electrons. The maximum atomic E-state index is 5.52. The van der Waals surface area contributed by atoms with Crippen molar-refractivity contribution >= 4 is 0 Å². The van der Waals surface area contributed by atoms with Crippen LogP contribution in [-0.2, 0) is 17.8 Å². The molecule has 1 fully saturated rings. The fraction of sp³-hybridized carbons (Fsp3) is 0.786. The summed E-state index contributed by atoms with van der Waals surface area (Å²) in [6.45, 7) is 9.80. The summed E-state index contributed by atoms with van der Waals surface area (Å²) in [4.78, 5) is 0. The first-order valence-corrected chi connectivity index (χ1v) is 7.06. The van der Waals surface area contributed by atoms with Gasteiger partial charge in [-0.3, -0.25) is 4.68 Å². The molecule has 1 aromatic heterocycles. The molecule has 4 nitrogen and oxygen atoms in total. The van der Waals surface area contributed by atoms with Crippen LogP contribution in [-0.4, -0.2) is 29.0 Å². The lowest BCUT2D eigenvalue weighted by Gasteiger charge is -2.06. The van der Waals surface area contributed by atoms with Crippen LogP contribution >= 0.6 is 0 Å². The SMILES string of the molecule is CCCOCCn1nc(C)c(CNC2CC2)c1C. The van der Waals surface area contributed by atoms with E-state index in [1.807, 2.05) is 0 Å². The Morgan fingerprint density at radius 3 is 2.78 bits per heavy atom. The maximum Gasteiger partial charge on any atom is 0.0662 e. The maximum absolute atomic E-state index is 5.52. The zero-order valence-electron chi connectivity index (χ0n) is 11.8. The molecule has 0 unspecified atom stereocenters. The normalized spacial score (nSPS) is 15.3. The van der Waals surface area contributed by atoms with Crippen LogP contribution in [0.4, 0.5) is 0 Å². The zero-order valence-corrected chi connectivity index (χ0v) is 11.8. The molecule has 1 aliphatic rings. The summed E-state index contributed by atoms with van der Waals surface area (Å²) in [6.07, 6.45) is 3.74. The molecule has 0 bridgehead atoms. The Morgan fingerprint density at radius 1 is 1.33 bits per heavy atom. The van der Waals surface area contributed by atoms with Crippen molar-refractivity contribution in [3.05, 3.63) is 17.0 Å². The summed E-state index contributed by atoms with van der Waals surface area (Å²) in [5, 5.41) is 8.16. The Hall–Kier alpha value is -0.870. The number of hydrogen-bond donors (Lipinski definition) is 1. The Labute approximate surface area is 110 Å². The van der Waals surface area contributed by atoms with E-state index in [9.17, 15) is 0 Å². The molecule has 0 atom stereocenters. The molecule has 2 rings (SSSR count). The van der Waals surface area contributed by atoms with Crippen molar-refractivity contribution in [3.8, 4) is 0 Å². The third-order valence-corrected chi connectivity index (χ3v) is 3.47. The monoisotopic (exact) mass is 251 g/mol. The predicted octanol–water partition coefficient (Wildman–Crippen LogP) is 2.18. The average Bonchev–Trinajstić information content (AvgIpc) is 3.13. The van der Waals surface area contributed by atoms with Crippen molar-refractivity contribution in [3.63, 3.8) is 0 Å². The number of ether oxygens (including phenoxy) is 1. The highest BCUT2D eigenvalue weighted by molar-refractivity contribution is 5.24. The van der Waals surface area contributed by atoms with Crippen molar-refractivity contribution in [2.24, 2.45) is 0 Å². The predicted molar refractivity (Wildman–Crippen MR) is 72.7 cm³/mol. The molecule has 0 saturated heterocycles. The van der Waals surface area contributed by atoms with E-state index in [2.05, 4.69) is 35.9 Å². The van der Waals surface area contributed by atoms with Crippen molar-refractivity contribution in [2.75, 3.05) is 13.2 Å². The summed E-state index contributed by atoms with van der Waals surface area (Å²) in [6, 6.07) is 0.750. The lowest BCUT2D eigenvalue weighted by Crippen LogP contribution is -2.16. The molecule has 4 heteroatoms. The lowest BCUT2D eigenvalue weighted by atomic mass is 10.2. The van der Waals surface area contributed by atoms with E-state index in [1.165, 1.54) is 24.1 Å². The van der Waals surface area contributed by atoms with Crippen LogP contribution in [0.2, 0.25) is 0 Å². The quantitative estimate of drug-likeness (QED) is 0.720. The van der Waals surface area contributed by atoms with Crippen molar-refractivity contribution in [2.45, 2.75) is 59.2 Å². The fourth-order valence-electron chi connectivity index (χ4n) is 2.14. The first-order valence-electron chi connectivity index (χ1n) is 7.06. The Bertz CT molecular complexity index is 383. The minimum Gasteiger partial charge on any atom is -0.380 e. The Kier molecular flexibility index (Phi) is 4.78. The summed E-state index contributed by atoms with van der Waals surface area (Å²) in [7, 11) is 0. The molecule has 1 aromatic rings. The van der Waals surface area contributed by atoms with Gasteiger partial charge >= 0.3 is 0 Å². The molecule has 0 aromatic carbocycles. The Morgan fingerprint density at radius 2 is 2.11 bits per heavy atom. The molecule has 1 N–H and O–H groups in total. The number of nitrogens with one attached hydrogen (secondary N) is 1. The minimum atomic E-state index is 0.750. The number of rotatable bonds is 8. The van der Waals surface area contributed by atoms with Gasteiger partial charge in [-0.2, -0.15) is 5.10 Å². The molecule has 0 radical (unpaired) electrons. The molecular formula is C14H25N3O. The summed E-state index contributed by atoms with van der Waals surface area (Å²) in [5.74, 6) is 0. The molecule has 1 heterocycles. The first-order chi connectivity index (χ1) is 8.72. The fourth-order valence-corrected chi connectivity index (χ4v) is 2.14. The standard InChI is InChI=1S/C14H25N3O/c1-4-8-18-9-7-17-12(3)14(11(2)16-17)10-15-13-5-6-13/h13,15H,4-10H2,1-3H3. The molecule has 0 amide bonds. The van der Waals surface area contributed by atoms with Crippen LogP contribution < -0.4 is 5.32 Å². The molecule has 0 spiro atoms. The number of aromatic nitrogens is 2. The molecule has 0 aliphatic heterocycles. The third-order valence-electron chi connectivity index (χ3n) is 3.47. The lowest BCUT2D eigenvalue weighted by molar-refractivity contribution is 0.124. The van der Waals surface area contributed by atoms with E-state index in [-0.39, 0.29) is 0 Å². The van der Waals surface area contributed by atoms with Gasteiger partial charge in [-0.25, -0.2) is 0 Å². The van der Waals surface area contributed by atoms with Crippen LogP contribution in [0.1, 0.15) is 43.1 Å². The summed E-state index contributed by atoms with van der Waals surface area (Å²) in [5.41, 5.74) is 3.79. The minimum absolute atomic E-state index is 0.750. The van der Waals surface area contributed by atoms with Gasteiger partial charge < -0.3 is 10.1 Å². The van der Waals surface area contributed by atoms with Crippen molar-refractivity contribution < 1.29 is 4.74 Å². The first kappa shape index (κ1) is 13.6. The van der Waals surface area contributed by atoms with Gasteiger partial charge in [-0.15, -0.1) is 0 Å². The second-order valence-electron chi connectivity index (χ2n) is 5.14. The summed E-state index contributed by atoms with van der Waals surface area (Å²) < 4.78 is 7.60. The van der Waals surface area contributed by atoms with E-state index in [0.717, 1.165) is 44.5 Å². The number of hydrogen-bond acceptors (Lipinski definition) is 3. The van der Waals surface area contributed by atoms with Gasteiger partial charge in [0.1, 0.15) is 0 Å². The topological polar surface area (TPSA) is 39.1 Å². The van der Waals surface area contributed by atoms with Crippen LogP contribution in [0.15, 0.2) is 0 Å². The smallest absolute Gasteiger partial charge is 0.0662 e. The van der Waals surface area contributed by atoms with Gasteiger partial charge in [0.2, 0.25) is 0 Å². The van der Waals surface area contributed by atoms with Crippen molar-refractivity contribution in [1.29, 1.82) is 0 Å². The molecular weight excluding hydrogens is 226 g/mol. The average molecular weight is 251 g/mol. The Balaban J connectivity index is 1.87. The van der Waals surface area contributed by atoms with Crippen molar-refractivity contribution in [1.82, 2.24) is 15.1 Å². The highest BCUT2D eigenvalue weighted by Crippen LogP contribution is 2.20. The third kappa shape index (κ3) is 3.56. The van der Waals surface area contributed by atoms with Gasteiger partial charge in [0.25, 0.3) is 0 Å². The van der Waals surface area contributed by atoms with E-state index in [1.54, 1.807) is 0 Å². The second kappa shape index (κ2) is 6.34. The van der Waals surface area contributed by atoms with Gasteiger partial charge in [0.05, 0.1) is 18.8 Å². The van der Waals surface area contributed by atoms with Gasteiger partial charge in [-0.1, -0.05) is 6.92 Å². The van der Waals surface area contributed by atoms with Crippen LogP contribution in [0.5, 0.6) is 0 Å². The summed E-state index contributed by atoms with van der Waals surface area (Å²) >= 11 is 0. The number of aryl methyl sites for hydroxylation is 1. The van der Waals surface area contributed by atoms with E-state index in [4.69, 9.17) is 4.74 Å². The highest BCUT2D eigenvalue weighted by Gasteiger charge is 2.21. The van der Waals surface area contributed by atoms with Gasteiger partial charge in [0.15, 0.2) is 0 Å². The van der Waals surface area contributed by atoms with Crippen LogP contribution in [0.25, 0.3) is 0 Å². The van der Waals surface area contributed by atoms with E-state index in [0.29, 0.717) is 0 Å². The highest BCUT2D eigenvalue weighted by atomic mass is 16.5. The second-order valence-corrected chi connectivity index (χ2v) is 5.14.